The second-order valence-electron chi connectivity index (χ2n) is 6.23. The minimum atomic E-state index is -0.158. The highest BCUT2D eigenvalue weighted by Crippen LogP contribution is 2.19. The molecule has 28 heavy (non-hydrogen) atoms. The number of carbonyl (C=O) groups excluding carboxylic acids is 1. The van der Waals surface area contributed by atoms with Crippen LogP contribution in [-0.2, 0) is 13.2 Å². The average Bonchev–Trinajstić information content (AvgIpc) is 3.33. The van der Waals surface area contributed by atoms with Crippen molar-refractivity contribution < 1.29 is 9.53 Å². The zero-order valence-corrected chi connectivity index (χ0v) is 16.6. The molecule has 0 atom stereocenters. The summed E-state index contributed by atoms with van der Waals surface area (Å²) >= 11 is 7.26. The molecule has 0 saturated carbocycles. The minimum absolute atomic E-state index is 0.158. The number of thiazole rings is 1. The number of fused-ring (bicyclic) bond motifs is 1. The van der Waals surface area contributed by atoms with Gasteiger partial charge in [-0.2, -0.15) is 0 Å². The van der Waals surface area contributed by atoms with Crippen LogP contribution < -0.4 is 4.74 Å². The second kappa shape index (κ2) is 8.00. The first-order valence-electron chi connectivity index (χ1n) is 8.60. The summed E-state index contributed by atoms with van der Waals surface area (Å²) in [6, 6.07) is 14.9. The number of hydrogen-bond donors (Lipinski definition) is 1. The number of nitrogens with one attached hydrogen (secondary N) is 1. The summed E-state index contributed by atoms with van der Waals surface area (Å²) in [7, 11) is 1.73. The van der Waals surface area contributed by atoms with Gasteiger partial charge in [-0.25, -0.2) is 9.97 Å². The van der Waals surface area contributed by atoms with Crippen molar-refractivity contribution in [1.82, 2.24) is 19.9 Å². The monoisotopic (exact) mass is 412 g/mol. The third-order valence-corrected chi connectivity index (χ3v) is 5.19. The number of halogens is 1. The number of amides is 1. The maximum atomic E-state index is 12.7. The number of imidazole rings is 1. The van der Waals surface area contributed by atoms with E-state index < -0.39 is 0 Å². The second-order valence-corrected chi connectivity index (χ2v) is 7.61. The number of H-pyrrole nitrogens is 1. The molecule has 0 bridgehead atoms. The van der Waals surface area contributed by atoms with E-state index in [4.69, 9.17) is 16.3 Å². The molecule has 0 spiro atoms. The van der Waals surface area contributed by atoms with Crippen LogP contribution in [0.15, 0.2) is 53.9 Å². The number of aromatic amines is 1. The summed E-state index contributed by atoms with van der Waals surface area (Å²) in [5.74, 6) is 1.28. The van der Waals surface area contributed by atoms with Gasteiger partial charge in [0, 0.05) is 17.5 Å². The summed E-state index contributed by atoms with van der Waals surface area (Å²) in [6.45, 7) is 0.675. The van der Waals surface area contributed by atoms with Crippen LogP contribution in [0, 0.1) is 0 Å². The van der Waals surface area contributed by atoms with E-state index in [2.05, 4.69) is 15.0 Å². The van der Waals surface area contributed by atoms with Crippen molar-refractivity contribution in [2.75, 3.05) is 7.05 Å². The standard InChI is InChI=1S/C20H17ClN4O2S/c1-25(10-18-22-15-4-2-3-5-16(15)23-18)20(26)17-12-28-19(24-17)11-27-14-8-6-13(21)7-9-14/h2-9,12H,10-11H2,1H3,(H,22,23). The van der Waals surface area contributed by atoms with Crippen LogP contribution in [-0.4, -0.2) is 32.8 Å². The molecule has 6 nitrogen and oxygen atoms in total. The van der Waals surface area contributed by atoms with Crippen LogP contribution in [0.1, 0.15) is 21.3 Å². The molecule has 0 aliphatic heterocycles. The molecule has 8 heteroatoms. The largest absolute Gasteiger partial charge is 0.486 e. The fourth-order valence-electron chi connectivity index (χ4n) is 2.72. The topological polar surface area (TPSA) is 71.1 Å². The molecule has 0 aliphatic rings. The van der Waals surface area contributed by atoms with Gasteiger partial charge < -0.3 is 14.6 Å². The van der Waals surface area contributed by atoms with Gasteiger partial charge in [-0.3, -0.25) is 4.79 Å². The van der Waals surface area contributed by atoms with Gasteiger partial charge >= 0.3 is 0 Å². The Kier molecular flexibility index (Phi) is 5.27. The number of nitrogens with zero attached hydrogens (tertiary/aromatic N) is 3. The van der Waals surface area contributed by atoms with Crippen LogP contribution in [0.2, 0.25) is 5.02 Å². The first kappa shape index (κ1) is 18.5. The number of carbonyl (C=O) groups is 1. The smallest absolute Gasteiger partial charge is 0.273 e. The molecular weight excluding hydrogens is 396 g/mol. The van der Waals surface area contributed by atoms with Crippen LogP contribution in [0.5, 0.6) is 5.75 Å². The first-order valence-corrected chi connectivity index (χ1v) is 9.86. The molecule has 0 saturated heterocycles. The van der Waals surface area contributed by atoms with Gasteiger partial charge in [0.25, 0.3) is 5.91 Å². The Morgan fingerprint density at radius 2 is 1.96 bits per heavy atom. The molecule has 4 rings (SSSR count). The van der Waals surface area contributed by atoms with E-state index in [9.17, 15) is 4.79 Å². The first-order chi connectivity index (χ1) is 13.6. The Bertz CT molecular complexity index is 1070. The summed E-state index contributed by atoms with van der Waals surface area (Å²) in [6.07, 6.45) is 0. The molecular formula is C20H17ClN4O2S. The molecule has 1 amide bonds. The molecule has 2 aromatic carbocycles. The van der Waals surface area contributed by atoms with Gasteiger partial charge in [-0.15, -0.1) is 11.3 Å². The van der Waals surface area contributed by atoms with Crippen molar-refractivity contribution in [2.24, 2.45) is 0 Å². The van der Waals surface area contributed by atoms with Crippen molar-refractivity contribution in [3.8, 4) is 5.75 Å². The fraction of sp³-hybridized carbons (Fsp3) is 0.150. The van der Waals surface area contributed by atoms with Crippen LogP contribution in [0.4, 0.5) is 0 Å². The van der Waals surface area contributed by atoms with Crippen molar-refractivity contribution in [3.05, 3.63) is 75.5 Å². The number of hydrogen-bond acceptors (Lipinski definition) is 5. The Balaban J connectivity index is 1.38. The molecule has 4 aromatic rings. The molecule has 142 valence electrons. The Hall–Kier alpha value is -2.90. The molecule has 0 radical (unpaired) electrons. The van der Waals surface area contributed by atoms with E-state index in [1.165, 1.54) is 11.3 Å². The SMILES string of the molecule is CN(Cc1nc2ccccc2[nH]1)C(=O)c1csc(COc2ccc(Cl)cc2)n1. The molecule has 0 unspecified atom stereocenters. The van der Waals surface area contributed by atoms with E-state index >= 15 is 0 Å². The van der Waals surface area contributed by atoms with Crippen molar-refractivity contribution in [1.29, 1.82) is 0 Å². The molecule has 1 N–H and O–H groups in total. The van der Waals surface area contributed by atoms with Crippen LogP contribution in [0.25, 0.3) is 11.0 Å². The van der Waals surface area contributed by atoms with E-state index in [1.807, 2.05) is 24.3 Å². The van der Waals surface area contributed by atoms with E-state index in [0.717, 1.165) is 21.9 Å². The van der Waals surface area contributed by atoms with Gasteiger partial charge in [0.1, 0.15) is 28.9 Å². The third kappa shape index (κ3) is 4.16. The molecule has 0 fully saturated rings. The minimum Gasteiger partial charge on any atom is -0.486 e. The highest BCUT2D eigenvalue weighted by Gasteiger charge is 2.17. The predicted molar refractivity (Wildman–Crippen MR) is 110 cm³/mol. The molecule has 2 aromatic heterocycles. The average molecular weight is 413 g/mol. The van der Waals surface area contributed by atoms with Gasteiger partial charge in [0.15, 0.2) is 0 Å². The lowest BCUT2D eigenvalue weighted by molar-refractivity contribution is 0.0776. The van der Waals surface area contributed by atoms with Crippen LogP contribution in [0.3, 0.4) is 0 Å². The van der Waals surface area contributed by atoms with Crippen LogP contribution >= 0.6 is 22.9 Å². The Labute approximate surface area is 170 Å². The lowest BCUT2D eigenvalue weighted by atomic mass is 10.3. The summed E-state index contributed by atoms with van der Waals surface area (Å²) in [5.41, 5.74) is 2.24. The Morgan fingerprint density at radius 1 is 1.18 bits per heavy atom. The molecule has 0 aliphatic carbocycles. The van der Waals surface area contributed by atoms with Crippen molar-refractivity contribution in [3.63, 3.8) is 0 Å². The normalized spacial score (nSPS) is 10.9. The van der Waals surface area contributed by atoms with Gasteiger partial charge in [-0.1, -0.05) is 23.7 Å². The number of rotatable bonds is 6. The number of para-hydroxylation sites is 2. The lowest BCUT2D eigenvalue weighted by Crippen LogP contribution is -2.27. The van der Waals surface area contributed by atoms with Gasteiger partial charge in [0.2, 0.25) is 0 Å². The van der Waals surface area contributed by atoms with Crippen molar-refractivity contribution >= 4 is 39.9 Å². The zero-order chi connectivity index (χ0) is 19.5. The van der Waals surface area contributed by atoms with E-state index in [1.54, 1.807) is 41.6 Å². The maximum absolute atomic E-state index is 12.7. The fourth-order valence-corrected chi connectivity index (χ4v) is 3.53. The third-order valence-electron chi connectivity index (χ3n) is 4.12. The number of benzene rings is 2. The van der Waals surface area contributed by atoms with Gasteiger partial charge in [0.05, 0.1) is 17.6 Å². The van der Waals surface area contributed by atoms with E-state index in [-0.39, 0.29) is 5.91 Å². The quantitative estimate of drug-likeness (QED) is 0.505. The highest BCUT2D eigenvalue weighted by molar-refractivity contribution is 7.09. The maximum Gasteiger partial charge on any atom is 0.273 e. The Morgan fingerprint density at radius 3 is 2.75 bits per heavy atom. The predicted octanol–water partition coefficient (Wildman–Crippen LogP) is 4.52. The lowest BCUT2D eigenvalue weighted by Gasteiger charge is -2.14. The summed E-state index contributed by atoms with van der Waals surface area (Å²) in [4.78, 5) is 26.4. The zero-order valence-electron chi connectivity index (χ0n) is 15.1. The number of aromatic nitrogens is 3. The van der Waals surface area contributed by atoms with Gasteiger partial charge in [-0.05, 0) is 36.4 Å². The summed E-state index contributed by atoms with van der Waals surface area (Å²) in [5, 5.41) is 3.13. The highest BCUT2D eigenvalue weighted by atomic mass is 35.5. The molecule has 2 heterocycles. The number of ether oxygens (including phenoxy) is 1. The van der Waals surface area contributed by atoms with Crippen molar-refractivity contribution in [2.45, 2.75) is 13.2 Å². The van der Waals surface area contributed by atoms with E-state index in [0.29, 0.717) is 29.6 Å². The summed E-state index contributed by atoms with van der Waals surface area (Å²) < 4.78 is 5.68.